The van der Waals surface area contributed by atoms with E-state index in [0.717, 1.165) is 11.1 Å². The van der Waals surface area contributed by atoms with Gasteiger partial charge in [0, 0.05) is 23.7 Å². The van der Waals surface area contributed by atoms with Crippen LogP contribution in [0.1, 0.15) is 27.9 Å². The molecule has 0 fully saturated rings. The number of carbonyl (C=O) groups is 2. The Morgan fingerprint density at radius 3 is 2.25 bits per heavy atom. The van der Waals surface area contributed by atoms with Crippen molar-refractivity contribution in [2.24, 2.45) is 0 Å². The highest BCUT2D eigenvalue weighted by atomic mass is 35.5. The molecule has 0 spiro atoms. The molecule has 0 aliphatic heterocycles. The smallest absolute Gasteiger partial charge is 0.307 e. The van der Waals surface area contributed by atoms with Crippen molar-refractivity contribution in [1.82, 2.24) is 4.90 Å². The maximum Gasteiger partial charge on any atom is 0.307 e. The molecule has 2 rings (SSSR count). The summed E-state index contributed by atoms with van der Waals surface area (Å²) in [5, 5.41) is 0.643. The molecule has 0 saturated carbocycles. The Hall–Kier alpha value is -2.33. The maximum atomic E-state index is 12.8. The van der Waals surface area contributed by atoms with E-state index in [0.29, 0.717) is 23.7 Å². The van der Waals surface area contributed by atoms with E-state index in [2.05, 4.69) is 4.74 Å². The summed E-state index contributed by atoms with van der Waals surface area (Å²) in [7, 11) is 1.34. The third-order valence-electron chi connectivity index (χ3n) is 3.69. The quantitative estimate of drug-likeness (QED) is 0.747. The van der Waals surface area contributed by atoms with E-state index in [-0.39, 0.29) is 18.3 Å². The highest BCUT2D eigenvalue weighted by molar-refractivity contribution is 6.30. The van der Waals surface area contributed by atoms with Crippen molar-refractivity contribution in [3.8, 4) is 0 Å². The summed E-state index contributed by atoms with van der Waals surface area (Å²) < 4.78 is 4.67. The van der Waals surface area contributed by atoms with Gasteiger partial charge in [-0.2, -0.15) is 0 Å². The Morgan fingerprint density at radius 1 is 1.04 bits per heavy atom. The van der Waals surface area contributed by atoms with Gasteiger partial charge in [0.2, 0.25) is 0 Å². The summed E-state index contributed by atoms with van der Waals surface area (Å²) in [6.45, 7) is 2.67. The zero-order chi connectivity index (χ0) is 17.5. The van der Waals surface area contributed by atoms with Gasteiger partial charge in [-0.1, -0.05) is 41.4 Å². The second kappa shape index (κ2) is 8.50. The van der Waals surface area contributed by atoms with Crippen LogP contribution < -0.4 is 0 Å². The molecule has 0 N–H and O–H groups in total. The Morgan fingerprint density at radius 2 is 1.67 bits per heavy atom. The molecule has 0 bridgehead atoms. The van der Waals surface area contributed by atoms with Gasteiger partial charge in [-0.25, -0.2) is 0 Å². The van der Waals surface area contributed by atoms with Crippen LogP contribution in [0, 0.1) is 6.92 Å². The van der Waals surface area contributed by atoms with E-state index < -0.39 is 0 Å². The molecule has 126 valence electrons. The highest BCUT2D eigenvalue weighted by Crippen LogP contribution is 2.15. The molecular weight excluding hydrogens is 326 g/mol. The van der Waals surface area contributed by atoms with Crippen LogP contribution in [0.25, 0.3) is 0 Å². The van der Waals surface area contributed by atoms with Crippen LogP contribution in [0.4, 0.5) is 0 Å². The standard InChI is InChI=1S/C19H20ClNO3/c1-14-3-7-16(8-4-14)19(23)21(12-11-18(22)24-2)13-15-5-9-17(20)10-6-15/h3-10H,11-13H2,1-2H3. The minimum atomic E-state index is -0.340. The van der Waals surface area contributed by atoms with Crippen LogP contribution in [0.2, 0.25) is 5.02 Å². The molecular formula is C19H20ClNO3. The first-order valence-corrected chi connectivity index (χ1v) is 8.04. The Bertz CT molecular complexity index is 696. The fourth-order valence-electron chi connectivity index (χ4n) is 2.27. The molecule has 2 aromatic rings. The number of hydrogen-bond donors (Lipinski definition) is 0. The first-order valence-electron chi connectivity index (χ1n) is 7.67. The number of rotatable bonds is 6. The van der Waals surface area contributed by atoms with Gasteiger partial charge in [0.1, 0.15) is 0 Å². The lowest BCUT2D eigenvalue weighted by Crippen LogP contribution is -2.32. The lowest BCUT2D eigenvalue weighted by Gasteiger charge is -2.22. The topological polar surface area (TPSA) is 46.6 Å². The van der Waals surface area contributed by atoms with Gasteiger partial charge < -0.3 is 9.64 Å². The molecule has 2 aromatic carbocycles. The van der Waals surface area contributed by atoms with E-state index in [4.69, 9.17) is 11.6 Å². The number of methoxy groups -OCH3 is 1. The van der Waals surface area contributed by atoms with Crippen molar-refractivity contribution in [1.29, 1.82) is 0 Å². The number of hydrogen-bond acceptors (Lipinski definition) is 3. The van der Waals surface area contributed by atoms with Crippen molar-refractivity contribution in [2.75, 3.05) is 13.7 Å². The normalized spacial score (nSPS) is 10.3. The molecule has 0 heterocycles. The van der Waals surface area contributed by atoms with Crippen LogP contribution in [-0.2, 0) is 16.1 Å². The lowest BCUT2D eigenvalue weighted by atomic mass is 10.1. The van der Waals surface area contributed by atoms with Crippen molar-refractivity contribution in [2.45, 2.75) is 19.9 Å². The van der Waals surface area contributed by atoms with Crippen molar-refractivity contribution >= 4 is 23.5 Å². The minimum absolute atomic E-state index is 0.117. The van der Waals surface area contributed by atoms with Gasteiger partial charge in [-0.3, -0.25) is 9.59 Å². The molecule has 5 heteroatoms. The number of nitrogens with zero attached hydrogens (tertiary/aromatic N) is 1. The first kappa shape index (κ1) is 18.0. The Kier molecular flexibility index (Phi) is 6.38. The van der Waals surface area contributed by atoms with E-state index in [1.807, 2.05) is 31.2 Å². The third-order valence-corrected chi connectivity index (χ3v) is 3.94. The molecule has 0 aliphatic rings. The second-order valence-corrected chi connectivity index (χ2v) is 5.98. The number of esters is 1. The van der Waals surface area contributed by atoms with E-state index in [9.17, 15) is 9.59 Å². The van der Waals surface area contributed by atoms with Gasteiger partial charge in [0.25, 0.3) is 5.91 Å². The van der Waals surface area contributed by atoms with Crippen LogP contribution in [0.3, 0.4) is 0 Å². The van der Waals surface area contributed by atoms with Crippen LogP contribution in [-0.4, -0.2) is 30.4 Å². The van der Waals surface area contributed by atoms with E-state index >= 15 is 0 Å². The second-order valence-electron chi connectivity index (χ2n) is 5.55. The SMILES string of the molecule is COC(=O)CCN(Cc1ccc(Cl)cc1)C(=O)c1ccc(C)cc1. The number of amides is 1. The number of carbonyl (C=O) groups excluding carboxylic acids is 2. The fourth-order valence-corrected chi connectivity index (χ4v) is 2.40. The summed E-state index contributed by atoms with van der Waals surface area (Å²) in [6, 6.07) is 14.7. The number of ether oxygens (including phenoxy) is 1. The largest absolute Gasteiger partial charge is 0.469 e. The van der Waals surface area contributed by atoms with Gasteiger partial charge >= 0.3 is 5.97 Å². The van der Waals surface area contributed by atoms with Crippen molar-refractivity contribution < 1.29 is 14.3 Å². The highest BCUT2D eigenvalue weighted by Gasteiger charge is 2.17. The third kappa shape index (κ3) is 5.10. The monoisotopic (exact) mass is 345 g/mol. The Balaban J connectivity index is 2.17. The summed E-state index contributed by atoms with van der Waals surface area (Å²) in [4.78, 5) is 25.9. The van der Waals surface area contributed by atoms with Crippen LogP contribution in [0.5, 0.6) is 0 Å². The zero-order valence-electron chi connectivity index (χ0n) is 13.8. The van der Waals surface area contributed by atoms with Crippen molar-refractivity contribution in [3.63, 3.8) is 0 Å². The molecule has 1 amide bonds. The molecule has 0 aliphatic carbocycles. The molecule has 24 heavy (non-hydrogen) atoms. The number of aryl methyl sites for hydroxylation is 1. The molecule has 0 unspecified atom stereocenters. The van der Waals surface area contributed by atoms with Crippen LogP contribution in [0.15, 0.2) is 48.5 Å². The van der Waals surface area contributed by atoms with Gasteiger partial charge in [0.05, 0.1) is 13.5 Å². The average Bonchev–Trinajstić information content (AvgIpc) is 2.60. The predicted octanol–water partition coefficient (Wildman–Crippen LogP) is 3.85. The zero-order valence-corrected chi connectivity index (χ0v) is 14.5. The summed E-state index contributed by atoms with van der Waals surface area (Å²) in [5.74, 6) is -0.457. The summed E-state index contributed by atoms with van der Waals surface area (Å²) in [6.07, 6.45) is 0.154. The predicted molar refractivity (Wildman–Crippen MR) is 94.0 cm³/mol. The first-order chi connectivity index (χ1) is 11.5. The molecule has 0 atom stereocenters. The molecule has 0 radical (unpaired) electrons. The van der Waals surface area contributed by atoms with E-state index in [1.54, 1.807) is 29.2 Å². The Labute approximate surface area is 147 Å². The molecule has 4 nitrogen and oxygen atoms in total. The van der Waals surface area contributed by atoms with Crippen LogP contribution >= 0.6 is 11.6 Å². The summed E-state index contributed by atoms with van der Waals surface area (Å²) >= 11 is 5.90. The molecule has 0 aromatic heterocycles. The maximum absolute atomic E-state index is 12.8. The minimum Gasteiger partial charge on any atom is -0.469 e. The molecule has 0 saturated heterocycles. The summed E-state index contributed by atoms with van der Waals surface area (Å²) in [5.41, 5.74) is 2.63. The van der Waals surface area contributed by atoms with Gasteiger partial charge in [-0.15, -0.1) is 0 Å². The van der Waals surface area contributed by atoms with E-state index in [1.165, 1.54) is 7.11 Å². The van der Waals surface area contributed by atoms with Gasteiger partial charge in [-0.05, 0) is 36.8 Å². The fraction of sp³-hybridized carbons (Fsp3) is 0.263. The van der Waals surface area contributed by atoms with Gasteiger partial charge in [0.15, 0.2) is 0 Å². The number of halogens is 1. The average molecular weight is 346 g/mol. The van der Waals surface area contributed by atoms with Crippen molar-refractivity contribution in [3.05, 3.63) is 70.2 Å². The lowest BCUT2D eigenvalue weighted by molar-refractivity contribution is -0.140. The number of benzene rings is 2.